The van der Waals surface area contributed by atoms with Crippen LogP contribution in [0.5, 0.6) is 0 Å². The maximum atomic E-state index is 11.4. The molecule has 0 aliphatic rings. The molecule has 0 radical (unpaired) electrons. The first-order chi connectivity index (χ1) is 11.0. The summed E-state index contributed by atoms with van der Waals surface area (Å²) < 4.78 is 5.09. The molecule has 1 aromatic rings. The second kappa shape index (κ2) is 10.7. The molecule has 0 bridgehead atoms. The molecule has 0 saturated heterocycles. The van der Waals surface area contributed by atoms with Gasteiger partial charge in [0.15, 0.2) is 0 Å². The number of nitro groups is 1. The Hall–Kier alpha value is -1.96. The number of nitro benzene ring substituents is 1. The van der Waals surface area contributed by atoms with Crippen molar-refractivity contribution in [2.75, 3.05) is 11.9 Å². The smallest absolute Gasteiger partial charge is 0.407 e. The van der Waals surface area contributed by atoms with Gasteiger partial charge in [0.25, 0.3) is 5.69 Å². The highest BCUT2D eigenvalue weighted by atomic mass is 79.9. The van der Waals surface area contributed by atoms with Crippen LogP contribution in [-0.2, 0) is 16.0 Å². The minimum atomic E-state index is -0.516. The van der Waals surface area contributed by atoms with Crippen molar-refractivity contribution in [2.45, 2.75) is 39.7 Å². The number of nitrogens with one attached hydrogen (secondary N) is 1. The Kier molecular flexibility index (Phi) is 9.87. The first-order valence-electron chi connectivity index (χ1n) is 7.30. The zero-order chi connectivity index (χ0) is 18.8. The molecule has 0 aliphatic heterocycles. The van der Waals surface area contributed by atoms with Crippen LogP contribution in [-0.4, -0.2) is 34.3 Å². The summed E-state index contributed by atoms with van der Waals surface area (Å²) in [6.45, 7) is 7.34. The van der Waals surface area contributed by atoms with Crippen molar-refractivity contribution in [1.29, 1.82) is 0 Å². The molecule has 134 valence electrons. The topological polar surface area (TPSA) is 98.5 Å². The number of rotatable bonds is 5. The fourth-order valence-electron chi connectivity index (χ4n) is 1.41. The Morgan fingerprint density at radius 2 is 1.75 bits per heavy atom. The number of ketones is 1. The lowest BCUT2D eigenvalue weighted by molar-refractivity contribution is -0.384. The number of carbonyl (C=O) groups is 2. The number of Topliss-reactive ketones (excluding diaryl/α,β-unsaturated/α-hetero) is 1. The molecule has 0 aromatic heterocycles. The molecular weight excluding hydrogens is 380 g/mol. The van der Waals surface area contributed by atoms with E-state index in [0.29, 0.717) is 18.3 Å². The van der Waals surface area contributed by atoms with Crippen LogP contribution in [0.25, 0.3) is 0 Å². The molecule has 0 atom stereocenters. The van der Waals surface area contributed by atoms with E-state index >= 15 is 0 Å². The first-order valence-corrected chi connectivity index (χ1v) is 8.43. The second-order valence-electron chi connectivity index (χ2n) is 5.94. The number of halogens is 1. The summed E-state index contributed by atoms with van der Waals surface area (Å²) in [5.41, 5.74) is 0.461. The van der Waals surface area contributed by atoms with Crippen LogP contribution in [0.1, 0.15) is 33.3 Å². The van der Waals surface area contributed by atoms with E-state index in [-0.39, 0.29) is 11.5 Å². The largest absolute Gasteiger partial charge is 0.444 e. The fourth-order valence-corrected chi connectivity index (χ4v) is 1.41. The van der Waals surface area contributed by atoms with Gasteiger partial charge in [-0.2, -0.15) is 0 Å². The van der Waals surface area contributed by atoms with Crippen LogP contribution in [0, 0.1) is 10.1 Å². The average Bonchev–Trinajstić information content (AvgIpc) is 2.46. The van der Waals surface area contributed by atoms with Gasteiger partial charge in [-0.05, 0) is 39.7 Å². The summed E-state index contributed by atoms with van der Waals surface area (Å²) in [5, 5.41) is 13.6. The third-order valence-electron chi connectivity index (χ3n) is 2.42. The van der Waals surface area contributed by atoms with E-state index in [1.54, 1.807) is 32.9 Å². The van der Waals surface area contributed by atoms with Gasteiger partial charge >= 0.3 is 6.09 Å². The van der Waals surface area contributed by atoms with E-state index in [1.165, 1.54) is 19.1 Å². The SMILES string of the molecule is CC(=O)CBr.CC(C)(C)OC(=O)NCCc1ccc([N+](=O)[O-])cc1. The maximum absolute atomic E-state index is 11.4. The zero-order valence-corrected chi connectivity index (χ0v) is 15.9. The quantitative estimate of drug-likeness (QED) is 0.460. The van der Waals surface area contributed by atoms with Crippen LogP contribution in [0.2, 0.25) is 0 Å². The molecule has 7 nitrogen and oxygen atoms in total. The van der Waals surface area contributed by atoms with Gasteiger partial charge in [0.2, 0.25) is 0 Å². The fraction of sp³-hybridized carbons (Fsp3) is 0.500. The van der Waals surface area contributed by atoms with E-state index in [9.17, 15) is 19.7 Å². The summed E-state index contributed by atoms with van der Waals surface area (Å²) in [6, 6.07) is 6.25. The van der Waals surface area contributed by atoms with Crippen LogP contribution < -0.4 is 5.32 Å². The van der Waals surface area contributed by atoms with Crippen LogP contribution in [0.4, 0.5) is 10.5 Å². The third kappa shape index (κ3) is 11.6. The number of benzene rings is 1. The average molecular weight is 403 g/mol. The number of alkyl halides is 1. The Labute approximate surface area is 150 Å². The van der Waals surface area contributed by atoms with Crippen molar-refractivity contribution in [1.82, 2.24) is 5.32 Å². The summed E-state index contributed by atoms with van der Waals surface area (Å²) in [6.07, 6.45) is 0.131. The number of hydrogen-bond acceptors (Lipinski definition) is 5. The number of alkyl carbamates (subject to hydrolysis) is 1. The molecule has 0 unspecified atom stereocenters. The van der Waals surface area contributed by atoms with Gasteiger partial charge in [0.1, 0.15) is 11.4 Å². The van der Waals surface area contributed by atoms with Gasteiger partial charge in [-0.25, -0.2) is 4.79 Å². The molecule has 0 saturated carbocycles. The Morgan fingerprint density at radius 3 is 2.12 bits per heavy atom. The highest BCUT2D eigenvalue weighted by molar-refractivity contribution is 9.09. The number of ether oxygens (including phenoxy) is 1. The van der Waals surface area contributed by atoms with E-state index in [0.717, 1.165) is 5.56 Å². The minimum absolute atomic E-state index is 0.0591. The number of non-ortho nitro benzene ring substituents is 1. The maximum Gasteiger partial charge on any atom is 0.407 e. The van der Waals surface area contributed by atoms with E-state index in [1.807, 2.05) is 0 Å². The number of amides is 1. The normalized spacial score (nSPS) is 10.2. The highest BCUT2D eigenvalue weighted by Gasteiger charge is 2.15. The molecule has 1 amide bonds. The summed E-state index contributed by atoms with van der Waals surface area (Å²) in [4.78, 5) is 31.2. The predicted molar refractivity (Wildman–Crippen MR) is 95.5 cm³/mol. The van der Waals surface area contributed by atoms with Gasteiger partial charge < -0.3 is 10.1 Å². The third-order valence-corrected chi connectivity index (χ3v) is 3.21. The molecule has 0 spiro atoms. The molecule has 1 rings (SSSR count). The highest BCUT2D eigenvalue weighted by Crippen LogP contribution is 2.12. The van der Waals surface area contributed by atoms with Gasteiger partial charge in [-0.1, -0.05) is 28.1 Å². The summed E-state index contributed by atoms with van der Waals surface area (Å²) >= 11 is 2.96. The molecule has 24 heavy (non-hydrogen) atoms. The molecule has 8 heteroatoms. The van der Waals surface area contributed by atoms with Gasteiger partial charge in [-0.15, -0.1) is 0 Å². The van der Waals surface area contributed by atoms with Crippen LogP contribution >= 0.6 is 15.9 Å². The van der Waals surface area contributed by atoms with Crippen molar-refractivity contribution in [3.8, 4) is 0 Å². The van der Waals surface area contributed by atoms with Gasteiger partial charge in [-0.3, -0.25) is 14.9 Å². The van der Waals surface area contributed by atoms with Crippen molar-refractivity contribution in [3.63, 3.8) is 0 Å². The number of nitrogens with zero attached hydrogens (tertiary/aromatic N) is 1. The van der Waals surface area contributed by atoms with Crippen molar-refractivity contribution in [2.24, 2.45) is 0 Å². The van der Waals surface area contributed by atoms with Crippen LogP contribution in [0.3, 0.4) is 0 Å². The molecule has 0 aliphatic carbocycles. The van der Waals surface area contributed by atoms with Gasteiger partial charge in [0, 0.05) is 18.7 Å². The number of hydrogen-bond donors (Lipinski definition) is 1. The van der Waals surface area contributed by atoms with E-state index in [2.05, 4.69) is 21.2 Å². The number of carbonyl (C=O) groups excluding carboxylic acids is 2. The van der Waals surface area contributed by atoms with E-state index < -0.39 is 16.6 Å². The monoisotopic (exact) mass is 402 g/mol. The Bertz CT molecular complexity index is 553. The lowest BCUT2D eigenvalue weighted by Crippen LogP contribution is -2.33. The Morgan fingerprint density at radius 1 is 1.25 bits per heavy atom. The molecule has 1 N–H and O–H groups in total. The van der Waals surface area contributed by atoms with E-state index in [4.69, 9.17) is 4.74 Å². The lowest BCUT2D eigenvalue weighted by atomic mass is 10.1. The zero-order valence-electron chi connectivity index (χ0n) is 14.3. The molecule has 0 fully saturated rings. The van der Waals surface area contributed by atoms with Gasteiger partial charge in [0.05, 0.1) is 10.3 Å². The second-order valence-corrected chi connectivity index (χ2v) is 6.50. The van der Waals surface area contributed by atoms with Crippen molar-refractivity contribution in [3.05, 3.63) is 39.9 Å². The lowest BCUT2D eigenvalue weighted by Gasteiger charge is -2.19. The molecule has 0 heterocycles. The summed E-state index contributed by atoms with van der Waals surface area (Å²) in [7, 11) is 0. The predicted octanol–water partition coefficient (Wildman–Crippen LogP) is 3.63. The first kappa shape index (κ1) is 22.0. The van der Waals surface area contributed by atoms with Crippen molar-refractivity contribution >= 4 is 33.5 Å². The summed E-state index contributed by atoms with van der Waals surface area (Å²) in [5.74, 6) is 0.171. The Balaban J connectivity index is 0.000000922. The standard InChI is InChI=1S/C13H18N2O4.C3H5BrO/c1-13(2,3)19-12(16)14-9-8-10-4-6-11(7-5-10)15(17)18;1-3(5)2-4/h4-7H,8-9H2,1-3H3,(H,14,16);2H2,1H3. The molecule has 1 aromatic carbocycles. The minimum Gasteiger partial charge on any atom is -0.444 e. The van der Waals surface area contributed by atoms with Crippen LogP contribution in [0.15, 0.2) is 24.3 Å². The molecular formula is C16H23BrN2O5. The van der Waals surface area contributed by atoms with Crippen molar-refractivity contribution < 1.29 is 19.2 Å².